The third kappa shape index (κ3) is 4.34. The average Bonchev–Trinajstić information content (AvgIpc) is 2.42. The maximum absolute atomic E-state index is 5.92. The third-order valence-electron chi connectivity index (χ3n) is 2.86. The van der Waals surface area contributed by atoms with Gasteiger partial charge in [0, 0.05) is 12.4 Å². The summed E-state index contributed by atoms with van der Waals surface area (Å²) in [4.78, 5) is 8.47. The third-order valence-corrected chi connectivity index (χ3v) is 2.86. The largest absolute Gasteiger partial charge is 0.470 e. The molecule has 0 saturated heterocycles. The molecule has 0 saturated carbocycles. The van der Waals surface area contributed by atoms with Crippen molar-refractivity contribution in [1.82, 2.24) is 9.97 Å². The van der Waals surface area contributed by atoms with Gasteiger partial charge in [-0.25, -0.2) is 0 Å². The van der Waals surface area contributed by atoms with Gasteiger partial charge in [-0.3, -0.25) is 4.98 Å². The highest BCUT2D eigenvalue weighted by molar-refractivity contribution is 5.54. The van der Waals surface area contributed by atoms with Gasteiger partial charge in [-0.1, -0.05) is 0 Å². The normalized spacial score (nSPS) is 12.8. The predicted octanol–water partition coefficient (Wildman–Crippen LogP) is 3.41. The van der Waals surface area contributed by atoms with Gasteiger partial charge in [0.05, 0.1) is 11.7 Å². The molecule has 0 bridgehead atoms. The number of aromatic nitrogens is 2. The van der Waals surface area contributed by atoms with Crippen molar-refractivity contribution in [3.8, 4) is 5.88 Å². The maximum Gasteiger partial charge on any atom is 0.239 e. The van der Waals surface area contributed by atoms with E-state index in [1.165, 1.54) is 0 Å². The Morgan fingerprint density at radius 2 is 1.81 bits per heavy atom. The molecule has 112 valence electrons. The molecular weight excluding hydrogens is 264 g/mol. The van der Waals surface area contributed by atoms with E-state index < -0.39 is 0 Å². The molecule has 0 aromatic carbocycles. The Bertz CT molecular complexity index is 593. The highest BCUT2D eigenvalue weighted by Gasteiger charge is 2.16. The number of anilines is 2. The highest BCUT2D eigenvalue weighted by Crippen LogP contribution is 2.26. The van der Waals surface area contributed by atoms with Crippen LogP contribution in [0.1, 0.15) is 39.3 Å². The molecule has 0 amide bonds. The zero-order valence-corrected chi connectivity index (χ0v) is 12.9. The number of rotatable bonds is 4. The van der Waals surface area contributed by atoms with Gasteiger partial charge in [0.15, 0.2) is 0 Å². The summed E-state index contributed by atoms with van der Waals surface area (Å²) in [5.41, 5.74) is 7.25. The lowest BCUT2D eigenvalue weighted by Crippen LogP contribution is -2.24. The fourth-order valence-corrected chi connectivity index (χ4v) is 1.86. The number of hydrogen-bond donors (Lipinski definition) is 2. The van der Waals surface area contributed by atoms with Gasteiger partial charge in [-0.2, -0.15) is 4.98 Å². The van der Waals surface area contributed by atoms with Gasteiger partial charge in [0.25, 0.3) is 0 Å². The molecule has 2 aromatic heterocycles. The zero-order chi connectivity index (χ0) is 15.5. The Labute approximate surface area is 125 Å². The van der Waals surface area contributed by atoms with Crippen molar-refractivity contribution >= 4 is 11.5 Å². The molecule has 0 spiro atoms. The van der Waals surface area contributed by atoms with Gasteiger partial charge < -0.3 is 15.8 Å². The molecule has 21 heavy (non-hydrogen) atoms. The van der Waals surface area contributed by atoms with Crippen LogP contribution in [0.2, 0.25) is 0 Å². The first-order valence-electron chi connectivity index (χ1n) is 6.97. The number of nitrogens with one attached hydrogen (secondary N) is 1. The predicted molar refractivity (Wildman–Crippen MR) is 85.3 cm³/mol. The van der Waals surface area contributed by atoms with Crippen LogP contribution in [0.25, 0.3) is 0 Å². The van der Waals surface area contributed by atoms with E-state index in [4.69, 9.17) is 10.5 Å². The molecule has 3 N–H and O–H groups in total. The second kappa shape index (κ2) is 5.99. The monoisotopic (exact) mass is 286 g/mol. The summed E-state index contributed by atoms with van der Waals surface area (Å²) in [7, 11) is 0. The Morgan fingerprint density at radius 3 is 2.43 bits per heavy atom. The van der Waals surface area contributed by atoms with Crippen LogP contribution in [-0.4, -0.2) is 15.6 Å². The van der Waals surface area contributed by atoms with E-state index in [-0.39, 0.29) is 11.6 Å². The van der Waals surface area contributed by atoms with Gasteiger partial charge in [-0.05, 0) is 57.5 Å². The molecule has 1 atom stereocenters. The first-order chi connectivity index (χ1) is 9.85. The van der Waals surface area contributed by atoms with Crippen molar-refractivity contribution in [2.45, 2.75) is 39.3 Å². The molecule has 5 heteroatoms. The van der Waals surface area contributed by atoms with Crippen LogP contribution in [0.3, 0.4) is 0 Å². The van der Waals surface area contributed by atoms with Crippen molar-refractivity contribution in [3.05, 3.63) is 42.2 Å². The Morgan fingerprint density at radius 1 is 1.14 bits per heavy atom. The summed E-state index contributed by atoms with van der Waals surface area (Å²) >= 11 is 0. The van der Waals surface area contributed by atoms with E-state index >= 15 is 0 Å². The van der Waals surface area contributed by atoms with E-state index in [1.807, 2.05) is 39.0 Å². The molecule has 0 fully saturated rings. The van der Waals surface area contributed by atoms with Gasteiger partial charge in [0.2, 0.25) is 5.88 Å². The Kier molecular flexibility index (Phi) is 4.31. The van der Waals surface area contributed by atoms with Crippen LogP contribution in [0.4, 0.5) is 11.5 Å². The van der Waals surface area contributed by atoms with Crippen LogP contribution in [0.15, 0.2) is 36.7 Å². The van der Waals surface area contributed by atoms with Gasteiger partial charge in [0.1, 0.15) is 11.4 Å². The summed E-state index contributed by atoms with van der Waals surface area (Å²) < 4.78 is 5.77. The Hall–Kier alpha value is -2.30. The van der Waals surface area contributed by atoms with Crippen molar-refractivity contribution in [1.29, 1.82) is 0 Å². The molecule has 0 aliphatic rings. The summed E-state index contributed by atoms with van der Waals surface area (Å²) in [6.07, 6.45) is 3.55. The standard InChI is InChI=1S/C16H22N4O/c1-11(12-7-9-18-10-8-12)19-14-6-5-13(17)15(20-14)21-16(2,3)4/h5-11H,17H2,1-4H3,(H,19,20). The van der Waals surface area contributed by atoms with Crippen molar-refractivity contribution in [2.24, 2.45) is 0 Å². The maximum atomic E-state index is 5.92. The van der Waals surface area contributed by atoms with Crippen LogP contribution in [0.5, 0.6) is 5.88 Å². The van der Waals surface area contributed by atoms with Crippen molar-refractivity contribution in [2.75, 3.05) is 11.1 Å². The number of hydrogen-bond acceptors (Lipinski definition) is 5. The summed E-state index contributed by atoms with van der Waals surface area (Å²) in [6.45, 7) is 7.97. The second-order valence-electron chi connectivity index (χ2n) is 5.95. The first-order valence-corrected chi connectivity index (χ1v) is 6.97. The fraction of sp³-hybridized carbons (Fsp3) is 0.375. The van der Waals surface area contributed by atoms with E-state index in [1.54, 1.807) is 18.5 Å². The molecule has 1 unspecified atom stereocenters. The molecule has 0 aliphatic carbocycles. The van der Waals surface area contributed by atoms with E-state index in [0.717, 1.165) is 11.4 Å². The lowest BCUT2D eigenvalue weighted by molar-refractivity contribution is 0.125. The number of ether oxygens (including phenoxy) is 1. The van der Waals surface area contributed by atoms with Crippen LogP contribution in [0, 0.1) is 0 Å². The van der Waals surface area contributed by atoms with Crippen molar-refractivity contribution < 1.29 is 4.74 Å². The fourth-order valence-electron chi connectivity index (χ4n) is 1.86. The van der Waals surface area contributed by atoms with E-state index in [9.17, 15) is 0 Å². The molecule has 2 heterocycles. The minimum Gasteiger partial charge on any atom is -0.470 e. The van der Waals surface area contributed by atoms with Crippen LogP contribution >= 0.6 is 0 Å². The minimum atomic E-state index is -0.337. The SMILES string of the molecule is CC(Nc1ccc(N)c(OC(C)(C)C)n1)c1ccncc1. The number of nitrogens with two attached hydrogens (primary N) is 1. The molecular formula is C16H22N4O. The summed E-state index contributed by atoms with van der Waals surface area (Å²) in [5, 5.41) is 3.34. The minimum absolute atomic E-state index is 0.117. The lowest BCUT2D eigenvalue weighted by atomic mass is 10.1. The Balaban J connectivity index is 2.16. The van der Waals surface area contributed by atoms with Gasteiger partial charge in [-0.15, -0.1) is 0 Å². The quantitative estimate of drug-likeness (QED) is 0.901. The molecule has 2 rings (SSSR count). The van der Waals surface area contributed by atoms with Crippen molar-refractivity contribution in [3.63, 3.8) is 0 Å². The molecule has 5 nitrogen and oxygen atoms in total. The van der Waals surface area contributed by atoms with Gasteiger partial charge >= 0.3 is 0 Å². The molecule has 0 aliphatic heterocycles. The summed E-state index contributed by atoms with van der Waals surface area (Å²) in [5.74, 6) is 1.18. The average molecular weight is 286 g/mol. The molecule has 2 aromatic rings. The lowest BCUT2D eigenvalue weighted by Gasteiger charge is -2.22. The zero-order valence-electron chi connectivity index (χ0n) is 12.9. The first kappa shape index (κ1) is 15.1. The van der Waals surface area contributed by atoms with Crippen LogP contribution in [-0.2, 0) is 0 Å². The number of nitrogen functional groups attached to an aromatic ring is 1. The second-order valence-corrected chi connectivity index (χ2v) is 5.95. The van der Waals surface area contributed by atoms with E-state index in [0.29, 0.717) is 11.6 Å². The van der Waals surface area contributed by atoms with E-state index in [2.05, 4.69) is 22.2 Å². The smallest absolute Gasteiger partial charge is 0.239 e. The molecule has 0 radical (unpaired) electrons. The number of nitrogens with zero attached hydrogens (tertiary/aromatic N) is 2. The topological polar surface area (TPSA) is 73.1 Å². The van der Waals surface area contributed by atoms with Crippen LogP contribution < -0.4 is 15.8 Å². The number of pyridine rings is 2. The highest BCUT2D eigenvalue weighted by atomic mass is 16.5. The summed E-state index contributed by atoms with van der Waals surface area (Å²) in [6, 6.07) is 7.72.